The van der Waals surface area contributed by atoms with Crippen LogP contribution >= 0.6 is 0 Å². The van der Waals surface area contributed by atoms with Crippen LogP contribution in [0, 0.1) is 6.92 Å². The van der Waals surface area contributed by atoms with Crippen LogP contribution in [0.3, 0.4) is 0 Å². The van der Waals surface area contributed by atoms with Crippen molar-refractivity contribution in [3.05, 3.63) is 53.1 Å². The summed E-state index contributed by atoms with van der Waals surface area (Å²) in [6.07, 6.45) is 3.21. The summed E-state index contributed by atoms with van der Waals surface area (Å²) in [6.45, 7) is 16.1. The fourth-order valence-corrected chi connectivity index (χ4v) is 5.10. The lowest BCUT2D eigenvalue weighted by molar-refractivity contribution is 0.122. The van der Waals surface area contributed by atoms with Gasteiger partial charge < -0.3 is 14.5 Å². The van der Waals surface area contributed by atoms with E-state index in [9.17, 15) is 0 Å². The van der Waals surface area contributed by atoms with Crippen LogP contribution in [0.25, 0.3) is 0 Å². The van der Waals surface area contributed by atoms with E-state index in [2.05, 4.69) is 80.8 Å². The Balaban J connectivity index is 1.56. The number of aliphatic imine (C=N–C) groups is 1. The predicted octanol–water partition coefficient (Wildman–Crippen LogP) is 5.69. The minimum atomic E-state index is 0.200. The average molecular weight is 406 g/mol. The van der Waals surface area contributed by atoms with E-state index < -0.39 is 0 Å². The Labute approximate surface area is 181 Å². The summed E-state index contributed by atoms with van der Waals surface area (Å²) >= 11 is 0. The van der Waals surface area contributed by atoms with E-state index in [1.54, 1.807) is 0 Å². The second-order valence-electron chi connectivity index (χ2n) is 9.30. The Kier molecular flexibility index (Phi) is 5.88. The smallest absolute Gasteiger partial charge is 0.0642 e. The van der Waals surface area contributed by atoms with Crippen LogP contribution in [0.2, 0.25) is 0 Å². The van der Waals surface area contributed by atoms with Crippen LogP contribution in [0.4, 0.5) is 17.1 Å². The van der Waals surface area contributed by atoms with E-state index >= 15 is 0 Å². The van der Waals surface area contributed by atoms with E-state index in [-0.39, 0.29) is 5.54 Å². The van der Waals surface area contributed by atoms with E-state index in [4.69, 9.17) is 9.73 Å². The molecule has 30 heavy (non-hydrogen) atoms. The largest absolute Gasteiger partial charge is 0.378 e. The number of fused-ring (bicyclic) bond motifs is 1. The molecule has 0 unspecified atom stereocenters. The number of anilines is 2. The molecule has 4 rings (SSSR count). The number of morpholine rings is 1. The molecule has 2 aromatic rings. The summed E-state index contributed by atoms with van der Waals surface area (Å²) in [5.74, 6) is 0.554. The molecule has 2 aliphatic rings. The quantitative estimate of drug-likeness (QED) is 0.611. The van der Waals surface area contributed by atoms with Gasteiger partial charge in [-0.1, -0.05) is 6.92 Å². The van der Waals surface area contributed by atoms with Gasteiger partial charge in [-0.25, -0.2) is 0 Å². The minimum absolute atomic E-state index is 0.200. The normalized spacial score (nSPS) is 21.2. The SMILES string of the molecule is CCN1c2cc(C)c(C=Nc3ccc(N4CCOCC4)cc3)cc2[C@H](C)CC1(C)C. The van der Waals surface area contributed by atoms with E-state index in [0.717, 1.165) is 38.5 Å². The fourth-order valence-electron chi connectivity index (χ4n) is 5.10. The van der Waals surface area contributed by atoms with E-state index in [0.29, 0.717) is 5.92 Å². The van der Waals surface area contributed by atoms with Crippen molar-refractivity contribution in [3.63, 3.8) is 0 Å². The lowest BCUT2D eigenvalue weighted by atomic mass is 9.79. The van der Waals surface area contributed by atoms with Crippen LogP contribution in [-0.2, 0) is 4.74 Å². The molecule has 0 amide bonds. The predicted molar refractivity (Wildman–Crippen MR) is 128 cm³/mol. The molecule has 0 N–H and O–H groups in total. The van der Waals surface area contributed by atoms with Gasteiger partial charge in [0.25, 0.3) is 0 Å². The van der Waals surface area contributed by atoms with Crippen molar-refractivity contribution in [2.75, 3.05) is 42.6 Å². The van der Waals surface area contributed by atoms with Gasteiger partial charge in [-0.2, -0.15) is 0 Å². The topological polar surface area (TPSA) is 28.1 Å². The van der Waals surface area contributed by atoms with Gasteiger partial charge in [0.1, 0.15) is 0 Å². The van der Waals surface area contributed by atoms with Gasteiger partial charge >= 0.3 is 0 Å². The zero-order valence-electron chi connectivity index (χ0n) is 19.1. The molecular weight excluding hydrogens is 370 g/mol. The summed E-state index contributed by atoms with van der Waals surface area (Å²) < 4.78 is 5.45. The third-order valence-corrected chi connectivity index (χ3v) is 6.67. The van der Waals surface area contributed by atoms with E-state index in [1.807, 2.05) is 6.21 Å². The maximum absolute atomic E-state index is 5.45. The highest BCUT2D eigenvalue weighted by atomic mass is 16.5. The Morgan fingerprint density at radius 1 is 1.13 bits per heavy atom. The maximum atomic E-state index is 5.45. The summed E-state index contributed by atoms with van der Waals surface area (Å²) in [6, 6.07) is 13.3. The average Bonchev–Trinajstić information content (AvgIpc) is 2.73. The first-order valence-corrected chi connectivity index (χ1v) is 11.3. The first-order valence-electron chi connectivity index (χ1n) is 11.3. The van der Waals surface area contributed by atoms with Crippen molar-refractivity contribution in [2.24, 2.45) is 4.99 Å². The monoisotopic (exact) mass is 405 g/mol. The molecule has 4 heteroatoms. The molecule has 0 aliphatic carbocycles. The highest BCUT2D eigenvalue weighted by Crippen LogP contribution is 2.44. The number of benzene rings is 2. The van der Waals surface area contributed by atoms with Crippen LogP contribution in [-0.4, -0.2) is 44.6 Å². The Morgan fingerprint density at radius 2 is 1.83 bits per heavy atom. The Hall–Kier alpha value is -2.33. The highest BCUT2D eigenvalue weighted by Gasteiger charge is 2.35. The fraction of sp³-hybridized carbons (Fsp3) is 0.500. The van der Waals surface area contributed by atoms with Crippen molar-refractivity contribution < 1.29 is 4.74 Å². The molecule has 0 spiro atoms. The van der Waals surface area contributed by atoms with Crippen molar-refractivity contribution >= 4 is 23.3 Å². The van der Waals surface area contributed by atoms with E-state index in [1.165, 1.54) is 34.5 Å². The van der Waals surface area contributed by atoms with Gasteiger partial charge in [0.2, 0.25) is 0 Å². The standard InChI is InChI=1S/C26H35N3O/c1-6-29-25-15-19(2)21(16-24(25)20(3)17-26(29,4)5)18-27-22-7-9-23(10-8-22)28-11-13-30-14-12-28/h7-10,15-16,18,20H,6,11-14,17H2,1-5H3/t20-/m1/s1. The second-order valence-corrected chi connectivity index (χ2v) is 9.30. The molecule has 1 saturated heterocycles. The number of aryl methyl sites for hydroxylation is 1. The lowest BCUT2D eigenvalue weighted by Gasteiger charge is -2.47. The van der Waals surface area contributed by atoms with Gasteiger partial charge in [0.05, 0.1) is 18.9 Å². The Bertz CT molecular complexity index is 911. The van der Waals surface area contributed by atoms with Gasteiger partial charge in [0.15, 0.2) is 0 Å². The molecule has 0 radical (unpaired) electrons. The number of nitrogens with zero attached hydrogens (tertiary/aromatic N) is 3. The zero-order chi connectivity index (χ0) is 21.3. The molecule has 1 fully saturated rings. The second kappa shape index (κ2) is 8.43. The summed E-state index contributed by atoms with van der Waals surface area (Å²) in [4.78, 5) is 9.71. The van der Waals surface area contributed by atoms with Crippen LogP contribution < -0.4 is 9.80 Å². The molecule has 1 atom stereocenters. The number of ether oxygens (including phenoxy) is 1. The molecule has 0 bridgehead atoms. The number of hydrogen-bond donors (Lipinski definition) is 0. The third-order valence-electron chi connectivity index (χ3n) is 6.67. The Morgan fingerprint density at radius 3 is 2.50 bits per heavy atom. The van der Waals surface area contributed by atoms with Crippen LogP contribution in [0.1, 0.15) is 56.7 Å². The molecule has 2 heterocycles. The number of hydrogen-bond acceptors (Lipinski definition) is 4. The van der Waals surface area contributed by atoms with Crippen molar-refractivity contribution in [1.82, 2.24) is 0 Å². The molecule has 160 valence electrons. The zero-order valence-corrected chi connectivity index (χ0v) is 19.1. The summed E-state index contributed by atoms with van der Waals surface area (Å²) in [5.41, 5.74) is 7.79. The summed E-state index contributed by atoms with van der Waals surface area (Å²) in [5, 5.41) is 0. The van der Waals surface area contributed by atoms with Crippen molar-refractivity contribution in [1.29, 1.82) is 0 Å². The number of rotatable bonds is 4. The first kappa shape index (κ1) is 20.9. The molecule has 0 aromatic heterocycles. The minimum Gasteiger partial charge on any atom is -0.378 e. The van der Waals surface area contributed by atoms with Crippen LogP contribution in [0.5, 0.6) is 0 Å². The molecular formula is C26H35N3O. The van der Waals surface area contributed by atoms with Gasteiger partial charge in [0, 0.05) is 42.8 Å². The lowest BCUT2D eigenvalue weighted by Crippen LogP contribution is -2.48. The van der Waals surface area contributed by atoms with Crippen molar-refractivity contribution in [3.8, 4) is 0 Å². The molecule has 2 aliphatic heterocycles. The third kappa shape index (κ3) is 4.11. The summed E-state index contributed by atoms with van der Waals surface area (Å²) in [7, 11) is 0. The molecule has 2 aromatic carbocycles. The maximum Gasteiger partial charge on any atom is 0.0642 e. The first-order chi connectivity index (χ1) is 14.4. The highest BCUT2D eigenvalue weighted by molar-refractivity contribution is 5.86. The molecule has 4 nitrogen and oxygen atoms in total. The van der Waals surface area contributed by atoms with Crippen LogP contribution in [0.15, 0.2) is 41.4 Å². The van der Waals surface area contributed by atoms with Gasteiger partial charge in [-0.3, -0.25) is 4.99 Å². The van der Waals surface area contributed by atoms with Crippen molar-refractivity contribution in [2.45, 2.75) is 52.5 Å². The molecule has 0 saturated carbocycles. The van der Waals surface area contributed by atoms with Gasteiger partial charge in [-0.15, -0.1) is 0 Å². The van der Waals surface area contributed by atoms with Gasteiger partial charge in [-0.05, 0) is 93.1 Å².